The van der Waals surface area contributed by atoms with Crippen LogP contribution in [-0.2, 0) is 4.79 Å². The third-order valence-corrected chi connectivity index (χ3v) is 5.06. The molecule has 4 rings (SSSR count). The number of para-hydroxylation sites is 1. The zero-order valence-electron chi connectivity index (χ0n) is 14.8. The summed E-state index contributed by atoms with van der Waals surface area (Å²) in [6.45, 7) is 1.84. The van der Waals surface area contributed by atoms with Gasteiger partial charge < -0.3 is 20.5 Å². The monoisotopic (exact) mass is 384 g/mol. The largest absolute Gasteiger partial charge is 0.375 e. The minimum atomic E-state index is -0.0451. The van der Waals surface area contributed by atoms with Crippen molar-refractivity contribution in [1.29, 1.82) is 0 Å². The van der Waals surface area contributed by atoms with Crippen molar-refractivity contribution in [3.05, 3.63) is 47.9 Å². The van der Waals surface area contributed by atoms with Crippen molar-refractivity contribution < 1.29 is 4.79 Å². The molecule has 8 heteroatoms. The van der Waals surface area contributed by atoms with Crippen LogP contribution in [0.25, 0.3) is 11.0 Å². The number of carbonyl (C=O) groups excluding carboxylic acids is 1. The molecule has 1 amide bonds. The van der Waals surface area contributed by atoms with Crippen molar-refractivity contribution in [2.45, 2.75) is 18.9 Å². The molecule has 0 spiro atoms. The number of amides is 1. The van der Waals surface area contributed by atoms with E-state index < -0.39 is 0 Å². The van der Waals surface area contributed by atoms with E-state index in [1.54, 1.807) is 12.4 Å². The van der Waals surface area contributed by atoms with E-state index in [0.29, 0.717) is 5.02 Å². The maximum absolute atomic E-state index is 12.3. The Labute approximate surface area is 162 Å². The third-order valence-electron chi connectivity index (χ3n) is 4.73. The van der Waals surface area contributed by atoms with Crippen LogP contribution in [0.1, 0.15) is 12.8 Å². The Balaban J connectivity index is 1.36. The van der Waals surface area contributed by atoms with Gasteiger partial charge in [0.15, 0.2) is 0 Å². The zero-order chi connectivity index (χ0) is 18.6. The molecule has 0 bridgehead atoms. The van der Waals surface area contributed by atoms with Crippen LogP contribution in [0.3, 0.4) is 0 Å². The summed E-state index contributed by atoms with van der Waals surface area (Å²) >= 11 is 6.11. The van der Waals surface area contributed by atoms with Crippen molar-refractivity contribution in [2.24, 2.45) is 0 Å². The average Bonchev–Trinajstić information content (AvgIpc) is 3.16. The molecule has 2 aromatic heterocycles. The second kappa shape index (κ2) is 7.84. The smallest absolute Gasteiger partial charge is 0.239 e. The van der Waals surface area contributed by atoms with Crippen LogP contribution in [0.2, 0.25) is 5.02 Å². The fourth-order valence-corrected chi connectivity index (χ4v) is 3.66. The molecular formula is C19H21ClN6O. The Kier molecular flexibility index (Phi) is 5.11. The number of fused-ring (bicyclic) bond motifs is 1. The first-order valence-corrected chi connectivity index (χ1v) is 9.39. The van der Waals surface area contributed by atoms with Crippen molar-refractivity contribution in [1.82, 2.24) is 20.3 Å². The third kappa shape index (κ3) is 3.98. The molecule has 1 aromatic carbocycles. The van der Waals surface area contributed by atoms with Crippen molar-refractivity contribution >= 4 is 40.0 Å². The molecule has 0 aliphatic carbocycles. The average molecular weight is 385 g/mol. The highest BCUT2D eigenvalue weighted by molar-refractivity contribution is 6.33. The summed E-state index contributed by atoms with van der Waals surface area (Å²) in [5.74, 6) is 0.866. The van der Waals surface area contributed by atoms with Crippen molar-refractivity contribution in [2.75, 3.05) is 29.9 Å². The molecular weight excluding hydrogens is 364 g/mol. The van der Waals surface area contributed by atoms with E-state index in [9.17, 15) is 4.79 Å². The van der Waals surface area contributed by atoms with Gasteiger partial charge in [-0.3, -0.25) is 4.79 Å². The van der Waals surface area contributed by atoms with Gasteiger partial charge in [0.05, 0.1) is 22.6 Å². The maximum atomic E-state index is 12.3. The lowest BCUT2D eigenvalue weighted by molar-refractivity contribution is -0.120. The van der Waals surface area contributed by atoms with E-state index in [1.807, 2.05) is 30.5 Å². The molecule has 0 radical (unpaired) electrons. The van der Waals surface area contributed by atoms with Crippen LogP contribution >= 0.6 is 11.6 Å². The Hall–Kier alpha value is -2.80. The van der Waals surface area contributed by atoms with E-state index in [4.69, 9.17) is 11.6 Å². The number of carbonyl (C=O) groups is 1. The minimum absolute atomic E-state index is 0.0451. The normalized spacial score (nSPS) is 17.1. The lowest BCUT2D eigenvalue weighted by Gasteiger charge is -2.34. The molecule has 1 atom stereocenters. The van der Waals surface area contributed by atoms with E-state index >= 15 is 0 Å². The summed E-state index contributed by atoms with van der Waals surface area (Å²) in [6, 6.07) is 9.47. The van der Waals surface area contributed by atoms with Crippen molar-refractivity contribution in [3.8, 4) is 0 Å². The lowest BCUT2D eigenvalue weighted by atomic mass is 10.1. The second-order valence-corrected chi connectivity index (χ2v) is 7.03. The van der Waals surface area contributed by atoms with Gasteiger partial charge in [0.25, 0.3) is 0 Å². The molecule has 0 unspecified atom stereocenters. The first-order chi connectivity index (χ1) is 13.2. The van der Waals surface area contributed by atoms with Gasteiger partial charge in [-0.15, -0.1) is 0 Å². The summed E-state index contributed by atoms with van der Waals surface area (Å²) in [7, 11) is 0. The molecule has 1 aliphatic rings. The van der Waals surface area contributed by atoms with Crippen LogP contribution in [0.5, 0.6) is 0 Å². The number of piperidine rings is 1. The van der Waals surface area contributed by atoms with Gasteiger partial charge in [-0.05, 0) is 31.0 Å². The van der Waals surface area contributed by atoms with Crippen LogP contribution in [0.15, 0.2) is 42.9 Å². The van der Waals surface area contributed by atoms with Gasteiger partial charge in [0.2, 0.25) is 5.91 Å². The number of halogens is 1. The quantitative estimate of drug-likeness (QED) is 0.629. The molecule has 0 saturated carbocycles. The predicted molar refractivity (Wildman–Crippen MR) is 107 cm³/mol. The molecule has 1 aliphatic heterocycles. The first kappa shape index (κ1) is 17.6. The van der Waals surface area contributed by atoms with E-state index in [2.05, 4.69) is 30.5 Å². The zero-order valence-corrected chi connectivity index (χ0v) is 15.5. The van der Waals surface area contributed by atoms with Gasteiger partial charge in [0, 0.05) is 25.3 Å². The number of nitrogens with one attached hydrogen (secondary N) is 3. The van der Waals surface area contributed by atoms with Gasteiger partial charge in [-0.25, -0.2) is 9.97 Å². The second-order valence-electron chi connectivity index (χ2n) is 6.62. The molecule has 27 heavy (non-hydrogen) atoms. The number of hydrogen-bond acceptors (Lipinski definition) is 5. The van der Waals surface area contributed by atoms with Gasteiger partial charge in [-0.2, -0.15) is 0 Å². The highest BCUT2D eigenvalue weighted by Crippen LogP contribution is 2.25. The molecule has 3 N–H and O–H groups in total. The SMILES string of the molecule is O=C(CNc1ccccc1Cl)N[C@@H]1CCCN(c2ncnc3[nH]ccc23)C1. The highest BCUT2D eigenvalue weighted by Gasteiger charge is 2.23. The van der Waals surface area contributed by atoms with E-state index in [-0.39, 0.29) is 18.5 Å². The Morgan fingerprint density at radius 3 is 3.07 bits per heavy atom. The van der Waals surface area contributed by atoms with Gasteiger partial charge in [-0.1, -0.05) is 23.7 Å². The van der Waals surface area contributed by atoms with Gasteiger partial charge in [0.1, 0.15) is 17.8 Å². The standard InChI is InChI=1S/C19H21ClN6O/c20-15-5-1-2-6-16(15)22-10-17(27)25-13-4-3-9-26(11-13)19-14-7-8-21-18(14)23-12-24-19/h1-2,5-8,12-13,22H,3-4,9-11H2,(H,25,27)(H,21,23,24)/t13-/m1/s1. The fourth-order valence-electron chi connectivity index (χ4n) is 3.46. The number of benzene rings is 1. The molecule has 140 valence electrons. The molecule has 7 nitrogen and oxygen atoms in total. The van der Waals surface area contributed by atoms with E-state index in [1.165, 1.54) is 0 Å². The Bertz CT molecular complexity index is 943. The van der Waals surface area contributed by atoms with Crippen LogP contribution in [0.4, 0.5) is 11.5 Å². The molecule has 3 heterocycles. The van der Waals surface area contributed by atoms with Gasteiger partial charge >= 0.3 is 0 Å². The summed E-state index contributed by atoms with van der Waals surface area (Å²) in [4.78, 5) is 26.4. The minimum Gasteiger partial charge on any atom is -0.375 e. The molecule has 1 fully saturated rings. The van der Waals surface area contributed by atoms with Crippen LogP contribution in [-0.4, -0.2) is 46.5 Å². The molecule has 3 aromatic rings. The first-order valence-electron chi connectivity index (χ1n) is 9.01. The van der Waals surface area contributed by atoms with E-state index in [0.717, 1.165) is 48.5 Å². The van der Waals surface area contributed by atoms with Crippen molar-refractivity contribution in [3.63, 3.8) is 0 Å². The molecule has 1 saturated heterocycles. The Morgan fingerprint density at radius 2 is 2.19 bits per heavy atom. The number of rotatable bonds is 5. The number of anilines is 2. The summed E-state index contributed by atoms with van der Waals surface area (Å²) in [5, 5.41) is 7.81. The number of hydrogen-bond donors (Lipinski definition) is 3. The predicted octanol–water partition coefficient (Wildman–Crippen LogP) is 2.81. The van der Waals surface area contributed by atoms with Crippen LogP contribution < -0.4 is 15.5 Å². The highest BCUT2D eigenvalue weighted by atomic mass is 35.5. The number of aromatic nitrogens is 3. The number of nitrogens with zero attached hydrogens (tertiary/aromatic N) is 3. The topological polar surface area (TPSA) is 85.9 Å². The number of H-pyrrole nitrogens is 1. The number of aromatic amines is 1. The summed E-state index contributed by atoms with van der Waals surface area (Å²) in [6.07, 6.45) is 5.39. The Morgan fingerprint density at radius 1 is 1.30 bits per heavy atom. The summed E-state index contributed by atoms with van der Waals surface area (Å²) < 4.78 is 0. The maximum Gasteiger partial charge on any atom is 0.239 e. The summed E-state index contributed by atoms with van der Waals surface area (Å²) in [5.41, 5.74) is 1.59. The van der Waals surface area contributed by atoms with Crippen LogP contribution in [0, 0.1) is 0 Å². The fraction of sp³-hybridized carbons (Fsp3) is 0.316. The lowest BCUT2D eigenvalue weighted by Crippen LogP contribution is -2.49.